The first kappa shape index (κ1) is 17.8. The smallest absolute Gasteiger partial charge is 0.246 e. The quantitative estimate of drug-likeness (QED) is 0.752. The van der Waals surface area contributed by atoms with Crippen LogP contribution in [0.25, 0.3) is 6.08 Å². The molecule has 1 saturated heterocycles. The Morgan fingerprint density at radius 1 is 1.28 bits per heavy atom. The fourth-order valence-corrected chi connectivity index (χ4v) is 4.75. The first-order valence-electron chi connectivity index (χ1n) is 7.96. The van der Waals surface area contributed by atoms with Crippen molar-refractivity contribution in [3.63, 3.8) is 0 Å². The van der Waals surface area contributed by atoms with Crippen molar-refractivity contribution in [1.29, 1.82) is 0 Å². The molecule has 9 heteroatoms. The summed E-state index contributed by atoms with van der Waals surface area (Å²) in [5.41, 5.74) is 0. The highest BCUT2D eigenvalue weighted by atomic mass is 32.2. The van der Waals surface area contributed by atoms with Gasteiger partial charge >= 0.3 is 0 Å². The van der Waals surface area contributed by atoms with Gasteiger partial charge in [-0.3, -0.25) is 9.48 Å². The molecular formula is C16H20N4O3S2. The lowest BCUT2D eigenvalue weighted by atomic mass is 10.3. The van der Waals surface area contributed by atoms with Crippen molar-refractivity contribution in [1.82, 2.24) is 19.0 Å². The number of hydrogen-bond donors (Lipinski definition) is 0. The molecule has 0 aromatic carbocycles. The summed E-state index contributed by atoms with van der Waals surface area (Å²) in [7, 11) is -1.88. The number of amides is 1. The van der Waals surface area contributed by atoms with Crippen molar-refractivity contribution in [3.05, 3.63) is 40.9 Å². The van der Waals surface area contributed by atoms with Gasteiger partial charge in [0.1, 0.15) is 4.90 Å². The standard InChI is InChI=1S/C16H20N4O3S2/c1-18-13-15(12-17-18)25(22,23)20-8-3-7-19(9-10-20)16(21)6-5-14-4-2-11-24-14/h2,4-6,11-13H,3,7-10H2,1H3/b6-5+. The van der Waals surface area contributed by atoms with Crippen molar-refractivity contribution in [3.8, 4) is 0 Å². The molecule has 2 aromatic rings. The predicted molar refractivity (Wildman–Crippen MR) is 96.5 cm³/mol. The van der Waals surface area contributed by atoms with Crippen LogP contribution in [0.5, 0.6) is 0 Å². The maximum atomic E-state index is 12.7. The molecule has 1 amide bonds. The zero-order chi connectivity index (χ0) is 17.9. The molecule has 1 aliphatic heterocycles. The van der Waals surface area contributed by atoms with Crippen LogP contribution in [0.1, 0.15) is 11.3 Å². The summed E-state index contributed by atoms with van der Waals surface area (Å²) in [5.74, 6) is -0.0889. The largest absolute Gasteiger partial charge is 0.338 e. The number of aryl methyl sites for hydroxylation is 1. The zero-order valence-corrected chi connectivity index (χ0v) is 15.5. The summed E-state index contributed by atoms with van der Waals surface area (Å²) < 4.78 is 28.2. The first-order chi connectivity index (χ1) is 12.0. The van der Waals surface area contributed by atoms with E-state index in [1.807, 2.05) is 17.5 Å². The summed E-state index contributed by atoms with van der Waals surface area (Å²) in [5, 5.41) is 5.89. The molecule has 0 N–H and O–H groups in total. The normalized spacial score (nSPS) is 17.1. The molecular weight excluding hydrogens is 360 g/mol. The minimum atomic E-state index is -3.57. The highest BCUT2D eigenvalue weighted by Gasteiger charge is 2.28. The second kappa shape index (κ2) is 7.51. The number of aromatic nitrogens is 2. The van der Waals surface area contributed by atoms with E-state index in [1.54, 1.807) is 35.4 Å². The fourth-order valence-electron chi connectivity index (χ4n) is 2.68. The summed E-state index contributed by atoms with van der Waals surface area (Å²) in [4.78, 5) is 15.2. The van der Waals surface area contributed by atoms with Crippen LogP contribution in [0.4, 0.5) is 0 Å². The van der Waals surface area contributed by atoms with Crippen LogP contribution in [0.15, 0.2) is 40.9 Å². The third-order valence-corrected chi connectivity index (χ3v) is 6.71. The SMILES string of the molecule is Cn1cc(S(=O)(=O)N2CCCN(C(=O)/C=C/c3cccs3)CC2)cn1. The second-order valence-corrected chi connectivity index (χ2v) is 8.70. The Balaban J connectivity index is 1.65. The van der Waals surface area contributed by atoms with Crippen LogP contribution in [-0.4, -0.2) is 59.5 Å². The van der Waals surface area contributed by atoms with E-state index >= 15 is 0 Å². The molecule has 3 rings (SSSR count). The maximum Gasteiger partial charge on any atom is 0.246 e. The number of thiophene rings is 1. The highest BCUT2D eigenvalue weighted by Crippen LogP contribution is 2.17. The molecule has 0 radical (unpaired) electrons. The van der Waals surface area contributed by atoms with E-state index in [0.717, 1.165) is 4.88 Å². The predicted octanol–water partition coefficient (Wildman–Crippen LogP) is 1.42. The number of sulfonamides is 1. The Morgan fingerprint density at radius 2 is 2.12 bits per heavy atom. The summed E-state index contributed by atoms with van der Waals surface area (Å²) in [6, 6.07) is 3.88. The average molecular weight is 380 g/mol. The van der Waals surface area contributed by atoms with E-state index in [9.17, 15) is 13.2 Å². The highest BCUT2D eigenvalue weighted by molar-refractivity contribution is 7.89. The lowest BCUT2D eigenvalue weighted by Gasteiger charge is -2.20. The van der Waals surface area contributed by atoms with E-state index < -0.39 is 10.0 Å². The van der Waals surface area contributed by atoms with Gasteiger partial charge in [0.25, 0.3) is 0 Å². The molecule has 134 valence electrons. The lowest BCUT2D eigenvalue weighted by Crippen LogP contribution is -2.36. The fraction of sp³-hybridized carbons (Fsp3) is 0.375. The molecule has 25 heavy (non-hydrogen) atoms. The van der Waals surface area contributed by atoms with Gasteiger partial charge < -0.3 is 4.90 Å². The minimum absolute atomic E-state index is 0.0889. The number of hydrogen-bond acceptors (Lipinski definition) is 5. The number of rotatable bonds is 4. The molecule has 0 spiro atoms. The lowest BCUT2D eigenvalue weighted by molar-refractivity contribution is -0.125. The van der Waals surface area contributed by atoms with Gasteiger partial charge in [-0.05, 0) is 23.9 Å². The van der Waals surface area contributed by atoms with Crippen LogP contribution in [0.2, 0.25) is 0 Å². The first-order valence-corrected chi connectivity index (χ1v) is 10.3. The minimum Gasteiger partial charge on any atom is -0.338 e. The van der Waals surface area contributed by atoms with Gasteiger partial charge in [0.05, 0.1) is 6.20 Å². The molecule has 3 heterocycles. The molecule has 0 bridgehead atoms. The molecule has 0 unspecified atom stereocenters. The number of nitrogens with zero attached hydrogens (tertiary/aromatic N) is 4. The molecule has 0 aliphatic carbocycles. The van der Waals surface area contributed by atoms with Crippen LogP contribution in [0.3, 0.4) is 0 Å². The van der Waals surface area contributed by atoms with Crippen LogP contribution in [0, 0.1) is 0 Å². The molecule has 0 saturated carbocycles. The summed E-state index contributed by atoms with van der Waals surface area (Å²) in [6.07, 6.45) is 6.80. The van der Waals surface area contributed by atoms with Crippen molar-refractivity contribution >= 4 is 33.3 Å². The Kier molecular flexibility index (Phi) is 5.36. The van der Waals surface area contributed by atoms with Crippen LogP contribution in [-0.2, 0) is 21.9 Å². The van der Waals surface area contributed by atoms with Crippen LogP contribution < -0.4 is 0 Å². The van der Waals surface area contributed by atoms with Gasteiger partial charge in [-0.25, -0.2) is 8.42 Å². The van der Waals surface area contributed by atoms with Gasteiger partial charge in [0.2, 0.25) is 15.9 Å². The molecule has 0 atom stereocenters. The van der Waals surface area contributed by atoms with Gasteiger partial charge in [-0.15, -0.1) is 11.3 Å². The van der Waals surface area contributed by atoms with Crippen molar-refractivity contribution in [2.45, 2.75) is 11.3 Å². The molecule has 1 aliphatic rings. The summed E-state index contributed by atoms with van der Waals surface area (Å²) >= 11 is 1.57. The van der Waals surface area contributed by atoms with E-state index in [4.69, 9.17) is 0 Å². The molecule has 1 fully saturated rings. The van der Waals surface area contributed by atoms with E-state index in [-0.39, 0.29) is 17.3 Å². The zero-order valence-electron chi connectivity index (χ0n) is 13.9. The molecule has 2 aromatic heterocycles. The summed E-state index contributed by atoms with van der Waals surface area (Å²) in [6.45, 7) is 1.62. The van der Waals surface area contributed by atoms with E-state index in [0.29, 0.717) is 26.1 Å². The third-order valence-electron chi connectivity index (χ3n) is 4.02. The van der Waals surface area contributed by atoms with Crippen molar-refractivity contribution < 1.29 is 13.2 Å². The molecule has 7 nitrogen and oxygen atoms in total. The maximum absolute atomic E-state index is 12.7. The number of carbonyl (C=O) groups is 1. The van der Waals surface area contributed by atoms with Gasteiger partial charge in [0, 0.05) is 50.4 Å². The van der Waals surface area contributed by atoms with E-state index in [2.05, 4.69) is 5.10 Å². The Bertz CT molecular complexity index is 856. The Hall–Kier alpha value is -1.97. The Labute approximate surface area is 151 Å². The average Bonchev–Trinajstić information content (AvgIpc) is 3.19. The third kappa shape index (κ3) is 4.17. The number of carbonyl (C=O) groups excluding carboxylic acids is 1. The van der Waals surface area contributed by atoms with Crippen molar-refractivity contribution in [2.24, 2.45) is 7.05 Å². The Morgan fingerprint density at radius 3 is 2.80 bits per heavy atom. The second-order valence-electron chi connectivity index (χ2n) is 5.78. The van der Waals surface area contributed by atoms with Crippen molar-refractivity contribution in [2.75, 3.05) is 26.2 Å². The van der Waals surface area contributed by atoms with Crippen LogP contribution >= 0.6 is 11.3 Å². The van der Waals surface area contributed by atoms with Gasteiger partial charge in [-0.2, -0.15) is 9.40 Å². The van der Waals surface area contributed by atoms with Gasteiger partial charge in [0.15, 0.2) is 0 Å². The van der Waals surface area contributed by atoms with E-state index in [1.165, 1.54) is 21.4 Å². The monoisotopic (exact) mass is 380 g/mol. The topological polar surface area (TPSA) is 75.5 Å². The van der Waals surface area contributed by atoms with Gasteiger partial charge in [-0.1, -0.05) is 6.07 Å².